The molecular formula is C10H15ClN6O. The monoisotopic (exact) mass is 270 g/mol. The molecule has 8 heteroatoms. The lowest BCUT2D eigenvalue weighted by Crippen LogP contribution is -2.24. The van der Waals surface area contributed by atoms with Gasteiger partial charge in [-0.2, -0.15) is 15.0 Å². The Balaban J connectivity index is 2.03. The molecule has 1 unspecified atom stereocenters. The minimum Gasteiger partial charge on any atom is -0.354 e. The molecule has 0 spiro atoms. The predicted octanol–water partition coefficient (Wildman–Crippen LogP) is 0.647. The molecule has 1 aromatic heterocycles. The van der Waals surface area contributed by atoms with Crippen LogP contribution in [0.4, 0.5) is 11.9 Å². The smallest absolute Gasteiger partial charge is 0.229 e. The minimum absolute atomic E-state index is 0.00464. The van der Waals surface area contributed by atoms with Crippen molar-refractivity contribution < 1.29 is 4.79 Å². The van der Waals surface area contributed by atoms with E-state index >= 15 is 0 Å². The van der Waals surface area contributed by atoms with Gasteiger partial charge < -0.3 is 16.0 Å². The van der Waals surface area contributed by atoms with Gasteiger partial charge in [0, 0.05) is 19.5 Å². The van der Waals surface area contributed by atoms with Crippen molar-refractivity contribution in [1.82, 2.24) is 20.3 Å². The third kappa shape index (κ3) is 3.43. The SMILES string of the molecule is CCCNc1nc(Cl)nc(NC2CNC(=O)C2)n1. The number of halogens is 1. The summed E-state index contributed by atoms with van der Waals surface area (Å²) in [6, 6.07) is -0.00464. The quantitative estimate of drug-likeness (QED) is 0.728. The fraction of sp³-hybridized carbons (Fsp3) is 0.600. The molecule has 3 N–H and O–H groups in total. The largest absolute Gasteiger partial charge is 0.354 e. The van der Waals surface area contributed by atoms with Gasteiger partial charge in [-0.25, -0.2) is 0 Å². The molecule has 2 heterocycles. The lowest BCUT2D eigenvalue weighted by Gasteiger charge is -2.11. The van der Waals surface area contributed by atoms with Gasteiger partial charge in [0.1, 0.15) is 0 Å². The third-order valence-electron chi connectivity index (χ3n) is 2.45. The Morgan fingerprint density at radius 3 is 2.83 bits per heavy atom. The van der Waals surface area contributed by atoms with E-state index in [0.717, 1.165) is 13.0 Å². The van der Waals surface area contributed by atoms with Crippen LogP contribution in [0.2, 0.25) is 5.28 Å². The van der Waals surface area contributed by atoms with Crippen molar-refractivity contribution in [3.63, 3.8) is 0 Å². The molecule has 1 saturated heterocycles. The van der Waals surface area contributed by atoms with Crippen molar-refractivity contribution in [2.75, 3.05) is 23.7 Å². The summed E-state index contributed by atoms with van der Waals surface area (Å²) in [7, 11) is 0. The van der Waals surface area contributed by atoms with Crippen LogP contribution in [0.5, 0.6) is 0 Å². The van der Waals surface area contributed by atoms with Gasteiger partial charge in [0.05, 0.1) is 6.04 Å². The van der Waals surface area contributed by atoms with E-state index in [1.54, 1.807) is 0 Å². The molecule has 1 atom stereocenters. The van der Waals surface area contributed by atoms with Crippen molar-refractivity contribution in [3.8, 4) is 0 Å². The second-order valence-electron chi connectivity index (χ2n) is 4.03. The van der Waals surface area contributed by atoms with Gasteiger partial charge in [0.25, 0.3) is 0 Å². The van der Waals surface area contributed by atoms with Crippen LogP contribution in [-0.4, -0.2) is 40.0 Å². The zero-order valence-electron chi connectivity index (χ0n) is 10.0. The summed E-state index contributed by atoms with van der Waals surface area (Å²) < 4.78 is 0. The fourth-order valence-electron chi connectivity index (χ4n) is 1.62. The Morgan fingerprint density at radius 1 is 1.39 bits per heavy atom. The van der Waals surface area contributed by atoms with E-state index in [0.29, 0.717) is 24.9 Å². The average Bonchev–Trinajstić information content (AvgIpc) is 2.71. The maximum Gasteiger partial charge on any atom is 0.229 e. The molecule has 7 nitrogen and oxygen atoms in total. The first-order valence-corrected chi connectivity index (χ1v) is 6.24. The lowest BCUT2D eigenvalue weighted by molar-refractivity contribution is -0.119. The van der Waals surface area contributed by atoms with Crippen molar-refractivity contribution in [2.45, 2.75) is 25.8 Å². The molecule has 0 aliphatic carbocycles. The van der Waals surface area contributed by atoms with Crippen LogP contribution in [0.15, 0.2) is 0 Å². The molecule has 1 aromatic rings. The molecule has 0 radical (unpaired) electrons. The number of rotatable bonds is 5. The Morgan fingerprint density at radius 2 is 2.17 bits per heavy atom. The zero-order valence-corrected chi connectivity index (χ0v) is 10.8. The number of carbonyl (C=O) groups excluding carboxylic acids is 1. The van der Waals surface area contributed by atoms with Crippen molar-refractivity contribution in [1.29, 1.82) is 0 Å². The first kappa shape index (κ1) is 12.8. The van der Waals surface area contributed by atoms with Crippen LogP contribution in [-0.2, 0) is 4.79 Å². The molecule has 0 saturated carbocycles. The average molecular weight is 271 g/mol. The first-order chi connectivity index (χ1) is 8.67. The normalized spacial score (nSPS) is 18.6. The predicted molar refractivity (Wildman–Crippen MR) is 68.7 cm³/mol. The first-order valence-electron chi connectivity index (χ1n) is 5.86. The summed E-state index contributed by atoms with van der Waals surface area (Å²) in [6.07, 6.45) is 1.38. The summed E-state index contributed by atoms with van der Waals surface area (Å²) >= 11 is 5.82. The van der Waals surface area contributed by atoms with Gasteiger partial charge in [-0.05, 0) is 18.0 Å². The summed E-state index contributed by atoms with van der Waals surface area (Å²) in [4.78, 5) is 23.2. The summed E-state index contributed by atoms with van der Waals surface area (Å²) in [6.45, 7) is 3.38. The van der Waals surface area contributed by atoms with Crippen LogP contribution in [0.3, 0.4) is 0 Å². The Bertz CT molecular complexity index is 440. The molecule has 1 fully saturated rings. The number of hydrogen-bond donors (Lipinski definition) is 3. The van der Waals surface area contributed by atoms with E-state index in [1.165, 1.54) is 0 Å². The number of nitrogens with one attached hydrogen (secondary N) is 3. The number of nitrogens with zero attached hydrogens (tertiary/aromatic N) is 3. The third-order valence-corrected chi connectivity index (χ3v) is 2.62. The van der Waals surface area contributed by atoms with Crippen molar-refractivity contribution >= 4 is 29.4 Å². The van der Waals surface area contributed by atoms with Gasteiger partial charge in [-0.3, -0.25) is 4.79 Å². The maximum absolute atomic E-state index is 11.1. The highest BCUT2D eigenvalue weighted by Gasteiger charge is 2.22. The number of amides is 1. The lowest BCUT2D eigenvalue weighted by atomic mass is 10.3. The molecule has 0 aromatic carbocycles. The second-order valence-corrected chi connectivity index (χ2v) is 4.37. The molecule has 1 aliphatic rings. The van der Waals surface area contributed by atoms with Crippen LogP contribution < -0.4 is 16.0 Å². The second kappa shape index (κ2) is 5.81. The van der Waals surface area contributed by atoms with Gasteiger partial charge in [0.2, 0.25) is 23.1 Å². The Labute approximate surface area is 110 Å². The summed E-state index contributed by atoms with van der Waals surface area (Å²) in [5.41, 5.74) is 0. The highest BCUT2D eigenvalue weighted by atomic mass is 35.5. The molecule has 98 valence electrons. The van der Waals surface area contributed by atoms with Gasteiger partial charge in [0.15, 0.2) is 0 Å². The van der Waals surface area contributed by atoms with Crippen molar-refractivity contribution in [3.05, 3.63) is 5.28 Å². The van der Waals surface area contributed by atoms with Crippen molar-refractivity contribution in [2.24, 2.45) is 0 Å². The number of anilines is 2. The van der Waals surface area contributed by atoms with Crippen LogP contribution in [0.25, 0.3) is 0 Å². The molecular weight excluding hydrogens is 256 g/mol. The number of hydrogen-bond acceptors (Lipinski definition) is 6. The Hall–Kier alpha value is -1.63. The number of aromatic nitrogens is 3. The molecule has 1 aliphatic heterocycles. The van der Waals surface area contributed by atoms with Crippen LogP contribution >= 0.6 is 11.6 Å². The van der Waals surface area contributed by atoms with E-state index < -0.39 is 0 Å². The van der Waals surface area contributed by atoms with E-state index in [-0.39, 0.29) is 17.2 Å². The summed E-state index contributed by atoms with van der Waals surface area (Å²) in [5.74, 6) is 0.851. The fourth-order valence-corrected chi connectivity index (χ4v) is 1.78. The zero-order chi connectivity index (χ0) is 13.0. The maximum atomic E-state index is 11.1. The van der Waals surface area contributed by atoms with Crippen LogP contribution in [0.1, 0.15) is 19.8 Å². The van der Waals surface area contributed by atoms with E-state index in [1.807, 2.05) is 6.92 Å². The summed E-state index contributed by atoms with van der Waals surface area (Å²) in [5, 5.41) is 8.96. The molecule has 2 rings (SSSR count). The molecule has 1 amide bonds. The van der Waals surface area contributed by atoms with E-state index in [2.05, 4.69) is 30.9 Å². The molecule has 0 bridgehead atoms. The number of carbonyl (C=O) groups is 1. The Kier molecular flexibility index (Phi) is 4.14. The minimum atomic E-state index is -0.00464. The van der Waals surface area contributed by atoms with Gasteiger partial charge in [-0.1, -0.05) is 6.92 Å². The van der Waals surface area contributed by atoms with Gasteiger partial charge >= 0.3 is 0 Å². The van der Waals surface area contributed by atoms with E-state index in [4.69, 9.17) is 11.6 Å². The molecule has 18 heavy (non-hydrogen) atoms. The highest BCUT2D eigenvalue weighted by Crippen LogP contribution is 2.12. The topological polar surface area (TPSA) is 91.8 Å². The van der Waals surface area contributed by atoms with Crippen LogP contribution in [0, 0.1) is 0 Å². The van der Waals surface area contributed by atoms with Gasteiger partial charge in [-0.15, -0.1) is 0 Å². The standard InChI is InChI=1S/C10H15ClN6O/c1-2-3-12-9-15-8(11)16-10(17-9)14-6-4-7(18)13-5-6/h6H,2-5H2,1H3,(H,13,18)(H2,12,14,15,16,17). The van der Waals surface area contributed by atoms with E-state index in [9.17, 15) is 4.79 Å². The highest BCUT2D eigenvalue weighted by molar-refractivity contribution is 6.28.